The van der Waals surface area contributed by atoms with E-state index in [9.17, 15) is 0 Å². The molecule has 1 heterocycles. The first kappa shape index (κ1) is 12.4. The van der Waals surface area contributed by atoms with Crippen LogP contribution in [0.25, 0.3) is 0 Å². The predicted molar refractivity (Wildman–Crippen MR) is 70.4 cm³/mol. The van der Waals surface area contributed by atoms with Gasteiger partial charge in [-0.1, -0.05) is 12.1 Å². The van der Waals surface area contributed by atoms with Crippen molar-refractivity contribution in [3.63, 3.8) is 0 Å². The maximum atomic E-state index is 5.28. The Morgan fingerprint density at radius 3 is 3.06 bits per heavy atom. The maximum absolute atomic E-state index is 5.28. The van der Waals surface area contributed by atoms with Gasteiger partial charge in [-0.2, -0.15) is 0 Å². The lowest BCUT2D eigenvalue weighted by atomic mass is 9.98. The van der Waals surface area contributed by atoms with Crippen molar-refractivity contribution in [1.29, 1.82) is 0 Å². The monoisotopic (exact) mass is 234 g/mol. The first-order valence-electron chi connectivity index (χ1n) is 6.38. The molecule has 0 aliphatic carbocycles. The molecule has 1 aliphatic rings. The number of ether oxygens (including phenoxy) is 1. The summed E-state index contributed by atoms with van der Waals surface area (Å²) >= 11 is 0. The van der Waals surface area contributed by atoms with E-state index in [-0.39, 0.29) is 0 Å². The number of hydrogen-bond donors (Lipinski definition) is 2. The molecule has 1 aromatic rings. The second kappa shape index (κ2) is 6.03. The van der Waals surface area contributed by atoms with Crippen LogP contribution in [0.1, 0.15) is 30.9 Å². The highest BCUT2D eigenvalue weighted by molar-refractivity contribution is 5.30. The van der Waals surface area contributed by atoms with E-state index >= 15 is 0 Å². The minimum Gasteiger partial charge on any atom is -0.497 e. The molecule has 1 fully saturated rings. The minimum absolute atomic E-state index is 0.403. The van der Waals surface area contributed by atoms with Gasteiger partial charge in [0.05, 0.1) is 7.11 Å². The summed E-state index contributed by atoms with van der Waals surface area (Å²) in [6.45, 7) is 1.17. The van der Waals surface area contributed by atoms with Crippen LogP contribution in [0.15, 0.2) is 24.3 Å². The highest BCUT2D eigenvalue weighted by Gasteiger charge is 2.19. The van der Waals surface area contributed by atoms with Gasteiger partial charge >= 0.3 is 0 Å². The van der Waals surface area contributed by atoms with Crippen molar-refractivity contribution in [2.75, 3.05) is 20.7 Å². The van der Waals surface area contributed by atoms with Gasteiger partial charge in [-0.3, -0.25) is 0 Å². The SMILES string of the molecule is CNC(CC1CCCN1)c1cccc(OC)c1. The molecule has 0 saturated carbocycles. The molecular weight excluding hydrogens is 212 g/mol. The van der Waals surface area contributed by atoms with Gasteiger partial charge < -0.3 is 15.4 Å². The highest BCUT2D eigenvalue weighted by atomic mass is 16.5. The summed E-state index contributed by atoms with van der Waals surface area (Å²) < 4.78 is 5.28. The number of nitrogens with one attached hydrogen (secondary N) is 2. The van der Waals surface area contributed by atoms with E-state index in [0.29, 0.717) is 12.1 Å². The van der Waals surface area contributed by atoms with Crippen molar-refractivity contribution in [2.24, 2.45) is 0 Å². The quantitative estimate of drug-likeness (QED) is 0.818. The normalized spacial score (nSPS) is 21.4. The van der Waals surface area contributed by atoms with E-state index in [1.165, 1.54) is 24.9 Å². The Morgan fingerprint density at radius 2 is 2.41 bits per heavy atom. The second-order valence-electron chi connectivity index (χ2n) is 4.65. The summed E-state index contributed by atoms with van der Waals surface area (Å²) in [7, 11) is 3.74. The van der Waals surface area contributed by atoms with Gasteiger partial charge in [0.15, 0.2) is 0 Å². The van der Waals surface area contributed by atoms with Gasteiger partial charge in [-0.05, 0) is 50.6 Å². The third kappa shape index (κ3) is 3.20. The molecule has 2 rings (SSSR count). The first-order valence-corrected chi connectivity index (χ1v) is 6.38. The van der Waals surface area contributed by atoms with Crippen LogP contribution in [-0.2, 0) is 0 Å². The van der Waals surface area contributed by atoms with Crippen LogP contribution in [0.2, 0.25) is 0 Å². The van der Waals surface area contributed by atoms with Crippen LogP contribution in [0.5, 0.6) is 5.75 Å². The zero-order chi connectivity index (χ0) is 12.1. The third-order valence-corrected chi connectivity index (χ3v) is 3.53. The lowest BCUT2D eigenvalue weighted by Crippen LogP contribution is -2.28. The van der Waals surface area contributed by atoms with Gasteiger partial charge in [0, 0.05) is 12.1 Å². The van der Waals surface area contributed by atoms with Crippen molar-refractivity contribution < 1.29 is 4.74 Å². The smallest absolute Gasteiger partial charge is 0.119 e. The Bertz CT molecular complexity index is 348. The molecule has 1 aromatic carbocycles. The number of hydrogen-bond acceptors (Lipinski definition) is 3. The number of methoxy groups -OCH3 is 1. The Morgan fingerprint density at radius 1 is 1.53 bits per heavy atom. The van der Waals surface area contributed by atoms with Crippen LogP contribution < -0.4 is 15.4 Å². The van der Waals surface area contributed by atoms with Crippen LogP contribution >= 0.6 is 0 Å². The topological polar surface area (TPSA) is 33.3 Å². The molecule has 0 radical (unpaired) electrons. The van der Waals surface area contributed by atoms with E-state index in [1.54, 1.807) is 7.11 Å². The van der Waals surface area contributed by atoms with E-state index in [0.717, 1.165) is 12.2 Å². The first-order chi connectivity index (χ1) is 8.33. The molecule has 17 heavy (non-hydrogen) atoms. The fourth-order valence-electron chi connectivity index (χ4n) is 2.52. The summed E-state index contributed by atoms with van der Waals surface area (Å²) in [5, 5.41) is 6.95. The number of rotatable bonds is 5. The predicted octanol–water partition coefficient (Wildman–Crippen LogP) is 2.10. The van der Waals surface area contributed by atoms with Crippen LogP contribution in [0.3, 0.4) is 0 Å². The van der Waals surface area contributed by atoms with Gasteiger partial charge in [-0.15, -0.1) is 0 Å². The Kier molecular flexibility index (Phi) is 4.40. The molecule has 0 amide bonds. The molecule has 3 heteroatoms. The molecular formula is C14H22N2O. The van der Waals surface area contributed by atoms with E-state index in [4.69, 9.17) is 4.74 Å². The highest BCUT2D eigenvalue weighted by Crippen LogP contribution is 2.24. The van der Waals surface area contributed by atoms with Crippen LogP contribution in [-0.4, -0.2) is 26.7 Å². The zero-order valence-electron chi connectivity index (χ0n) is 10.7. The molecule has 0 aromatic heterocycles. The Balaban J connectivity index is 2.04. The Hall–Kier alpha value is -1.06. The lowest BCUT2D eigenvalue weighted by molar-refractivity contribution is 0.410. The minimum atomic E-state index is 0.403. The molecule has 1 saturated heterocycles. The van der Waals surface area contributed by atoms with Gasteiger partial charge in [-0.25, -0.2) is 0 Å². The third-order valence-electron chi connectivity index (χ3n) is 3.53. The average Bonchev–Trinajstić information content (AvgIpc) is 2.89. The summed E-state index contributed by atoms with van der Waals surface area (Å²) in [6, 6.07) is 9.39. The van der Waals surface area contributed by atoms with E-state index < -0.39 is 0 Å². The van der Waals surface area contributed by atoms with Crippen molar-refractivity contribution in [2.45, 2.75) is 31.3 Å². The number of benzene rings is 1. The molecule has 2 unspecified atom stereocenters. The summed E-state index contributed by atoms with van der Waals surface area (Å²) in [6.07, 6.45) is 3.74. The molecule has 3 nitrogen and oxygen atoms in total. The van der Waals surface area contributed by atoms with Crippen LogP contribution in [0.4, 0.5) is 0 Å². The average molecular weight is 234 g/mol. The van der Waals surface area contributed by atoms with Crippen molar-refractivity contribution in [3.8, 4) is 5.75 Å². The summed E-state index contributed by atoms with van der Waals surface area (Å²) in [4.78, 5) is 0. The lowest BCUT2D eigenvalue weighted by Gasteiger charge is -2.21. The van der Waals surface area contributed by atoms with Gasteiger partial charge in [0.1, 0.15) is 5.75 Å². The largest absolute Gasteiger partial charge is 0.497 e. The summed E-state index contributed by atoms with van der Waals surface area (Å²) in [5.74, 6) is 0.933. The van der Waals surface area contributed by atoms with Crippen molar-refractivity contribution >= 4 is 0 Å². The molecule has 2 atom stereocenters. The maximum Gasteiger partial charge on any atom is 0.119 e. The van der Waals surface area contributed by atoms with Crippen molar-refractivity contribution in [1.82, 2.24) is 10.6 Å². The van der Waals surface area contributed by atoms with Gasteiger partial charge in [0.25, 0.3) is 0 Å². The molecule has 0 bridgehead atoms. The Labute approximate surface area is 104 Å². The molecule has 2 N–H and O–H groups in total. The fourth-order valence-corrected chi connectivity index (χ4v) is 2.52. The van der Waals surface area contributed by atoms with Crippen LogP contribution in [0, 0.1) is 0 Å². The molecule has 1 aliphatic heterocycles. The molecule has 0 spiro atoms. The summed E-state index contributed by atoms with van der Waals surface area (Å²) in [5.41, 5.74) is 1.31. The zero-order valence-corrected chi connectivity index (χ0v) is 10.7. The van der Waals surface area contributed by atoms with Crippen molar-refractivity contribution in [3.05, 3.63) is 29.8 Å². The molecule has 94 valence electrons. The van der Waals surface area contributed by atoms with E-state index in [2.05, 4.69) is 28.8 Å². The fraction of sp³-hybridized carbons (Fsp3) is 0.571. The van der Waals surface area contributed by atoms with E-state index in [1.807, 2.05) is 13.1 Å². The standard InChI is InChI=1S/C14H22N2O/c1-15-14(10-12-6-4-8-16-12)11-5-3-7-13(9-11)17-2/h3,5,7,9,12,14-16H,4,6,8,10H2,1-2H3. The van der Waals surface area contributed by atoms with Gasteiger partial charge in [0.2, 0.25) is 0 Å². The second-order valence-corrected chi connectivity index (χ2v) is 4.65.